The number of carbonyl (C=O) groups excluding carboxylic acids is 2. The number of anilines is 1. The fourth-order valence-corrected chi connectivity index (χ4v) is 5.53. The van der Waals surface area contributed by atoms with Gasteiger partial charge in [-0.15, -0.1) is 11.3 Å². The van der Waals surface area contributed by atoms with Crippen molar-refractivity contribution in [3.63, 3.8) is 0 Å². The van der Waals surface area contributed by atoms with E-state index >= 15 is 4.39 Å². The Hall–Kier alpha value is -3.24. The van der Waals surface area contributed by atoms with E-state index in [2.05, 4.69) is 10.3 Å². The molecule has 0 bridgehead atoms. The van der Waals surface area contributed by atoms with E-state index in [4.69, 9.17) is 16.3 Å². The van der Waals surface area contributed by atoms with E-state index < -0.39 is 17.2 Å². The molecular formula is C22H18ClFN4O4S. The lowest BCUT2D eigenvalue weighted by Crippen LogP contribution is -2.32. The van der Waals surface area contributed by atoms with Crippen LogP contribution in [0.3, 0.4) is 0 Å². The first-order valence-electron chi connectivity index (χ1n) is 10.3. The van der Waals surface area contributed by atoms with Gasteiger partial charge in [0.2, 0.25) is 11.8 Å². The molecule has 0 spiro atoms. The summed E-state index contributed by atoms with van der Waals surface area (Å²) >= 11 is 7.47. The molecule has 4 heterocycles. The van der Waals surface area contributed by atoms with E-state index in [1.165, 1.54) is 11.3 Å². The highest BCUT2D eigenvalue weighted by molar-refractivity contribution is 7.24. The van der Waals surface area contributed by atoms with E-state index in [9.17, 15) is 14.4 Å². The lowest BCUT2D eigenvalue weighted by molar-refractivity contribution is -0.110. The predicted molar refractivity (Wildman–Crippen MR) is 125 cm³/mol. The third-order valence-corrected chi connectivity index (χ3v) is 7.06. The van der Waals surface area contributed by atoms with Crippen molar-refractivity contribution in [2.75, 3.05) is 24.6 Å². The van der Waals surface area contributed by atoms with Crippen molar-refractivity contribution in [3.05, 3.63) is 50.9 Å². The van der Waals surface area contributed by atoms with Gasteiger partial charge in [-0.2, -0.15) is 0 Å². The number of hydrogen-bond acceptors (Lipinski definition) is 7. The van der Waals surface area contributed by atoms with Gasteiger partial charge in [-0.3, -0.25) is 14.0 Å². The molecule has 1 unspecified atom stereocenters. The van der Waals surface area contributed by atoms with Crippen molar-refractivity contribution >= 4 is 67.2 Å². The lowest BCUT2D eigenvalue weighted by Gasteiger charge is -2.19. The Morgan fingerprint density at radius 2 is 2.24 bits per heavy atom. The summed E-state index contributed by atoms with van der Waals surface area (Å²) in [4.78, 5) is 43.4. The Bertz CT molecular complexity index is 1500. The van der Waals surface area contributed by atoms with Crippen LogP contribution in [0.4, 0.5) is 10.2 Å². The SMILES string of the molecule is CCOC(=O)c1c(=O)c2cc(F)c(N3CCC(NC=O)C3)nc2n2c1sc1ccc(Cl)cc12. The van der Waals surface area contributed by atoms with Crippen LogP contribution in [0.2, 0.25) is 5.02 Å². The second kappa shape index (κ2) is 8.27. The zero-order chi connectivity index (χ0) is 23.3. The quantitative estimate of drug-likeness (QED) is 0.342. The Morgan fingerprint density at radius 1 is 1.42 bits per heavy atom. The minimum absolute atomic E-state index is 0.0294. The van der Waals surface area contributed by atoms with Crippen molar-refractivity contribution in [1.29, 1.82) is 0 Å². The number of benzene rings is 1. The molecule has 0 aliphatic carbocycles. The predicted octanol–water partition coefficient (Wildman–Crippen LogP) is 3.36. The highest BCUT2D eigenvalue weighted by Gasteiger charge is 2.28. The summed E-state index contributed by atoms with van der Waals surface area (Å²) in [5.74, 6) is -1.37. The number of fused-ring (bicyclic) bond motifs is 5. The monoisotopic (exact) mass is 488 g/mol. The van der Waals surface area contributed by atoms with Gasteiger partial charge in [-0.25, -0.2) is 14.2 Å². The third kappa shape index (κ3) is 3.50. The Morgan fingerprint density at radius 3 is 3.00 bits per heavy atom. The zero-order valence-electron chi connectivity index (χ0n) is 17.4. The average molecular weight is 489 g/mol. The normalized spacial score (nSPS) is 16.1. The van der Waals surface area contributed by atoms with Gasteiger partial charge in [0, 0.05) is 24.2 Å². The van der Waals surface area contributed by atoms with Crippen LogP contribution >= 0.6 is 22.9 Å². The second-order valence-corrected chi connectivity index (χ2v) is 9.13. The molecule has 5 rings (SSSR count). The number of hydrogen-bond donors (Lipinski definition) is 1. The molecule has 3 aromatic heterocycles. The van der Waals surface area contributed by atoms with E-state index in [1.54, 1.807) is 34.4 Å². The maximum atomic E-state index is 15.2. The summed E-state index contributed by atoms with van der Waals surface area (Å²) in [7, 11) is 0. The number of ether oxygens (including phenoxy) is 1. The van der Waals surface area contributed by atoms with Gasteiger partial charge in [0.15, 0.2) is 17.3 Å². The number of nitrogens with one attached hydrogen (secondary N) is 1. The molecule has 1 aliphatic heterocycles. The molecule has 1 fully saturated rings. The Labute approximate surface area is 195 Å². The van der Waals surface area contributed by atoms with E-state index in [-0.39, 0.29) is 35.1 Å². The number of halogens is 2. The minimum atomic E-state index is -0.772. The number of thiazole rings is 1. The molecule has 170 valence electrons. The van der Waals surface area contributed by atoms with Gasteiger partial charge in [0.1, 0.15) is 10.4 Å². The van der Waals surface area contributed by atoms with Crippen molar-refractivity contribution in [2.45, 2.75) is 19.4 Å². The van der Waals surface area contributed by atoms with E-state index in [1.807, 2.05) is 0 Å². The van der Waals surface area contributed by atoms with Crippen LogP contribution in [0.15, 0.2) is 29.1 Å². The first-order valence-corrected chi connectivity index (χ1v) is 11.5. The second-order valence-electron chi connectivity index (χ2n) is 7.66. The summed E-state index contributed by atoms with van der Waals surface area (Å²) in [6, 6.07) is 6.22. The van der Waals surface area contributed by atoms with Crippen LogP contribution in [-0.2, 0) is 9.53 Å². The highest BCUT2D eigenvalue weighted by Crippen LogP contribution is 2.34. The van der Waals surface area contributed by atoms with Gasteiger partial charge < -0.3 is 15.0 Å². The van der Waals surface area contributed by atoms with Crippen molar-refractivity contribution in [2.24, 2.45) is 0 Å². The standard InChI is InChI=1S/C22H18ClFN4O4S/c1-2-32-22(31)17-18(30)13-8-14(24)20(27-6-5-12(9-27)25-10-29)26-19(13)28-15-7-11(23)3-4-16(15)33-21(17)28/h3-4,7-8,10,12H,2,5-6,9H2,1H3,(H,25,29). The molecule has 0 radical (unpaired) electrons. The van der Waals surface area contributed by atoms with Crippen LogP contribution < -0.4 is 15.6 Å². The summed E-state index contributed by atoms with van der Waals surface area (Å²) in [6.45, 7) is 2.63. The average Bonchev–Trinajstić information content (AvgIpc) is 3.39. The number of rotatable bonds is 5. The smallest absolute Gasteiger partial charge is 0.345 e. The fourth-order valence-electron chi connectivity index (χ4n) is 4.21. The molecule has 8 nitrogen and oxygen atoms in total. The minimum Gasteiger partial charge on any atom is -0.462 e. The van der Waals surface area contributed by atoms with Crippen molar-refractivity contribution in [3.8, 4) is 0 Å². The maximum absolute atomic E-state index is 15.2. The van der Waals surface area contributed by atoms with Gasteiger partial charge in [0.05, 0.1) is 22.2 Å². The number of aromatic nitrogens is 2. The van der Waals surface area contributed by atoms with Gasteiger partial charge in [0.25, 0.3) is 0 Å². The van der Waals surface area contributed by atoms with Crippen LogP contribution in [0.5, 0.6) is 0 Å². The fraction of sp³-hybridized carbons (Fsp3) is 0.273. The molecule has 1 aromatic carbocycles. The summed E-state index contributed by atoms with van der Waals surface area (Å²) < 4.78 is 22.7. The van der Waals surface area contributed by atoms with Gasteiger partial charge in [-0.05, 0) is 37.6 Å². The third-order valence-electron chi connectivity index (χ3n) is 5.68. The molecule has 1 amide bonds. The summed E-state index contributed by atoms with van der Waals surface area (Å²) in [5, 5.41) is 3.15. The number of esters is 1. The number of amides is 1. The first kappa shape index (κ1) is 21.6. The molecule has 1 N–H and O–H groups in total. The van der Waals surface area contributed by atoms with Crippen molar-refractivity contribution in [1.82, 2.24) is 14.7 Å². The molecule has 33 heavy (non-hydrogen) atoms. The number of carbonyl (C=O) groups is 2. The summed E-state index contributed by atoms with van der Waals surface area (Å²) in [6.07, 6.45) is 1.27. The lowest BCUT2D eigenvalue weighted by atomic mass is 10.2. The molecule has 1 saturated heterocycles. The van der Waals surface area contributed by atoms with Crippen LogP contribution in [0, 0.1) is 5.82 Å². The largest absolute Gasteiger partial charge is 0.462 e. The number of pyridine rings is 2. The van der Waals surface area contributed by atoms with Gasteiger partial charge in [-0.1, -0.05) is 11.6 Å². The Kier molecular flexibility index (Phi) is 5.41. The van der Waals surface area contributed by atoms with E-state index in [0.29, 0.717) is 41.3 Å². The topological polar surface area (TPSA) is 93.0 Å². The Balaban J connectivity index is 1.84. The molecule has 0 saturated carbocycles. The molecular weight excluding hydrogens is 471 g/mol. The van der Waals surface area contributed by atoms with Crippen LogP contribution in [0.1, 0.15) is 23.7 Å². The molecule has 1 aliphatic rings. The summed E-state index contributed by atoms with van der Waals surface area (Å²) in [5.41, 5.74) is 0.0674. The van der Waals surface area contributed by atoms with E-state index in [0.717, 1.165) is 10.8 Å². The first-order chi connectivity index (χ1) is 15.9. The maximum Gasteiger partial charge on any atom is 0.345 e. The molecule has 11 heteroatoms. The van der Waals surface area contributed by atoms with Crippen LogP contribution in [0.25, 0.3) is 26.1 Å². The zero-order valence-corrected chi connectivity index (χ0v) is 19.0. The van der Waals surface area contributed by atoms with Crippen LogP contribution in [-0.4, -0.2) is 47.5 Å². The van der Waals surface area contributed by atoms with Crippen molar-refractivity contribution < 1.29 is 18.7 Å². The molecule has 4 aromatic rings. The highest BCUT2D eigenvalue weighted by atomic mass is 35.5. The number of nitrogens with zero attached hydrogens (tertiary/aromatic N) is 3. The molecule has 1 atom stereocenters. The van der Waals surface area contributed by atoms with Gasteiger partial charge >= 0.3 is 5.97 Å².